The fraction of sp³-hybridized carbons (Fsp3) is 0.722. The van der Waals surface area contributed by atoms with Crippen LogP contribution in [0.3, 0.4) is 0 Å². The van der Waals surface area contributed by atoms with Gasteiger partial charge in [-0.1, -0.05) is 6.92 Å². The number of rotatable bonds is 3. The molecule has 25 heavy (non-hydrogen) atoms. The van der Waals surface area contributed by atoms with Crippen LogP contribution in [0, 0.1) is 11.3 Å². The van der Waals surface area contributed by atoms with Gasteiger partial charge in [0.15, 0.2) is 0 Å². The molecule has 5 heterocycles. The van der Waals surface area contributed by atoms with Crippen molar-refractivity contribution in [3.8, 4) is 0 Å². The van der Waals surface area contributed by atoms with Crippen molar-refractivity contribution in [1.82, 2.24) is 20.1 Å². The summed E-state index contributed by atoms with van der Waals surface area (Å²) >= 11 is 1.56. The number of amides is 2. The van der Waals surface area contributed by atoms with E-state index in [1.807, 2.05) is 20.7 Å². The van der Waals surface area contributed by atoms with E-state index in [-0.39, 0.29) is 29.2 Å². The Morgan fingerprint density at radius 2 is 2.16 bits per heavy atom. The van der Waals surface area contributed by atoms with Gasteiger partial charge in [-0.2, -0.15) is 0 Å². The highest BCUT2D eigenvalue weighted by Crippen LogP contribution is 2.35. The smallest absolute Gasteiger partial charge is 0.228 e. The van der Waals surface area contributed by atoms with Crippen molar-refractivity contribution in [2.75, 3.05) is 26.2 Å². The van der Waals surface area contributed by atoms with Gasteiger partial charge in [-0.3, -0.25) is 9.59 Å². The second kappa shape index (κ2) is 6.68. The van der Waals surface area contributed by atoms with Gasteiger partial charge < -0.3 is 15.1 Å². The minimum Gasteiger partial charge on any atom is -0.339 e. The van der Waals surface area contributed by atoms with E-state index in [1.54, 1.807) is 11.3 Å². The molecule has 136 valence electrons. The van der Waals surface area contributed by atoms with Crippen molar-refractivity contribution in [2.45, 2.75) is 45.2 Å². The first kappa shape index (κ1) is 17.0. The molecule has 4 aliphatic rings. The zero-order valence-corrected chi connectivity index (χ0v) is 15.6. The number of carbonyl (C=O) groups excluding carboxylic acids is 2. The molecule has 0 aromatic carbocycles. The van der Waals surface area contributed by atoms with Crippen LogP contribution >= 0.6 is 11.3 Å². The number of hydrogen-bond donors (Lipinski definition) is 1. The predicted octanol–water partition coefficient (Wildman–Crippen LogP) is 1.48. The SMILES string of the molecule is CC1(C(=O)N2C[C@H]3CC[C@@H](C2)N(Cc2cscn2)C3=O)CCNCC1. The van der Waals surface area contributed by atoms with E-state index < -0.39 is 0 Å². The fourth-order valence-electron chi connectivity index (χ4n) is 4.48. The third-order valence-electron chi connectivity index (χ3n) is 6.12. The Labute approximate surface area is 152 Å². The van der Waals surface area contributed by atoms with Gasteiger partial charge in [-0.15, -0.1) is 11.3 Å². The van der Waals surface area contributed by atoms with E-state index in [0.717, 1.165) is 44.5 Å². The molecule has 0 spiro atoms. The Balaban J connectivity index is 1.52. The van der Waals surface area contributed by atoms with Gasteiger partial charge in [0.05, 0.1) is 23.7 Å². The topological polar surface area (TPSA) is 65.5 Å². The molecule has 0 radical (unpaired) electrons. The first-order valence-corrected chi connectivity index (χ1v) is 10.2. The number of piperidine rings is 2. The van der Waals surface area contributed by atoms with Crippen LogP contribution in [-0.2, 0) is 16.1 Å². The van der Waals surface area contributed by atoms with E-state index in [4.69, 9.17) is 0 Å². The number of aromatic nitrogens is 1. The monoisotopic (exact) mass is 362 g/mol. The Hall–Kier alpha value is -1.47. The Morgan fingerprint density at radius 1 is 1.36 bits per heavy atom. The van der Waals surface area contributed by atoms with Crippen LogP contribution in [0.25, 0.3) is 0 Å². The van der Waals surface area contributed by atoms with Gasteiger partial charge in [-0.05, 0) is 38.8 Å². The van der Waals surface area contributed by atoms with Gasteiger partial charge >= 0.3 is 0 Å². The Kier molecular flexibility index (Phi) is 4.54. The molecule has 0 saturated carbocycles. The molecule has 0 aliphatic carbocycles. The maximum atomic E-state index is 13.2. The summed E-state index contributed by atoms with van der Waals surface area (Å²) < 4.78 is 0. The van der Waals surface area contributed by atoms with Crippen LogP contribution in [0.4, 0.5) is 0 Å². The molecule has 2 bridgehead atoms. The summed E-state index contributed by atoms with van der Waals surface area (Å²) in [7, 11) is 0. The molecule has 7 heteroatoms. The minimum absolute atomic E-state index is 0.0494. The van der Waals surface area contributed by atoms with Gasteiger partial charge in [0.2, 0.25) is 11.8 Å². The number of thiazole rings is 1. The van der Waals surface area contributed by atoms with E-state index >= 15 is 0 Å². The average Bonchev–Trinajstić information content (AvgIpc) is 2.98. The lowest BCUT2D eigenvalue weighted by atomic mass is 9.79. The van der Waals surface area contributed by atoms with E-state index in [0.29, 0.717) is 19.6 Å². The van der Waals surface area contributed by atoms with E-state index in [2.05, 4.69) is 17.2 Å². The number of fused-ring (bicyclic) bond motifs is 4. The van der Waals surface area contributed by atoms with Crippen molar-refractivity contribution in [3.63, 3.8) is 0 Å². The van der Waals surface area contributed by atoms with Gasteiger partial charge in [0.25, 0.3) is 0 Å². The molecule has 1 aromatic rings. The minimum atomic E-state index is -0.280. The highest BCUT2D eigenvalue weighted by atomic mass is 32.1. The highest BCUT2D eigenvalue weighted by Gasteiger charge is 2.45. The molecule has 1 aromatic heterocycles. The second-order valence-electron chi connectivity index (χ2n) is 7.89. The second-order valence-corrected chi connectivity index (χ2v) is 8.61. The normalized spacial score (nSPS) is 28.9. The number of nitrogens with zero attached hydrogens (tertiary/aromatic N) is 3. The third-order valence-corrected chi connectivity index (χ3v) is 6.76. The standard InChI is InChI=1S/C18H26N4O2S/c1-18(4-6-19-7-5-18)17(24)21-8-13-2-3-15(10-21)22(16(13)23)9-14-11-25-12-20-14/h11-13,15,19H,2-10H2,1H3/t13-,15+/m1/s1. The van der Waals surface area contributed by atoms with Crippen molar-refractivity contribution < 1.29 is 9.59 Å². The molecule has 4 saturated heterocycles. The molecular weight excluding hydrogens is 336 g/mol. The summed E-state index contributed by atoms with van der Waals surface area (Å²) in [4.78, 5) is 34.4. The quantitative estimate of drug-likeness (QED) is 0.885. The van der Waals surface area contributed by atoms with Gasteiger partial charge in [-0.25, -0.2) is 4.98 Å². The lowest BCUT2D eigenvalue weighted by molar-refractivity contribution is -0.143. The molecule has 5 rings (SSSR count). The zero-order valence-electron chi connectivity index (χ0n) is 14.7. The third kappa shape index (κ3) is 3.19. The number of nitrogens with one attached hydrogen (secondary N) is 1. The van der Waals surface area contributed by atoms with E-state index in [1.165, 1.54) is 0 Å². The molecule has 2 atom stereocenters. The molecule has 2 amide bonds. The maximum absolute atomic E-state index is 13.2. The van der Waals surface area contributed by atoms with E-state index in [9.17, 15) is 9.59 Å². The Morgan fingerprint density at radius 3 is 2.88 bits per heavy atom. The maximum Gasteiger partial charge on any atom is 0.228 e. The first-order chi connectivity index (χ1) is 12.1. The molecule has 1 N–H and O–H groups in total. The summed E-state index contributed by atoms with van der Waals surface area (Å²) in [6.45, 7) is 5.74. The highest BCUT2D eigenvalue weighted by molar-refractivity contribution is 7.07. The van der Waals surface area contributed by atoms with Crippen LogP contribution in [-0.4, -0.2) is 58.8 Å². The van der Waals surface area contributed by atoms with Gasteiger partial charge in [0.1, 0.15) is 0 Å². The van der Waals surface area contributed by atoms with Crippen LogP contribution < -0.4 is 5.32 Å². The number of hydrogen-bond acceptors (Lipinski definition) is 5. The number of carbonyl (C=O) groups is 2. The summed E-state index contributed by atoms with van der Waals surface area (Å²) in [5.41, 5.74) is 2.48. The van der Waals surface area contributed by atoms with Crippen molar-refractivity contribution in [1.29, 1.82) is 0 Å². The van der Waals surface area contributed by atoms with Crippen molar-refractivity contribution >= 4 is 23.2 Å². The lowest BCUT2D eigenvalue weighted by Crippen LogP contribution is -2.50. The largest absolute Gasteiger partial charge is 0.339 e. The lowest BCUT2D eigenvalue weighted by Gasteiger charge is -2.38. The zero-order chi connectivity index (χ0) is 17.4. The van der Waals surface area contributed by atoms with Crippen LogP contribution in [0.5, 0.6) is 0 Å². The molecule has 6 nitrogen and oxygen atoms in total. The van der Waals surface area contributed by atoms with Crippen LogP contribution in [0.1, 0.15) is 38.3 Å². The molecule has 4 fully saturated rings. The molecule has 0 unspecified atom stereocenters. The van der Waals surface area contributed by atoms with Crippen molar-refractivity contribution in [2.24, 2.45) is 11.3 Å². The first-order valence-electron chi connectivity index (χ1n) is 9.24. The summed E-state index contributed by atoms with van der Waals surface area (Å²) in [5.74, 6) is 0.399. The summed E-state index contributed by atoms with van der Waals surface area (Å²) in [6, 6.07) is 0.127. The van der Waals surface area contributed by atoms with Crippen molar-refractivity contribution in [3.05, 3.63) is 16.6 Å². The predicted molar refractivity (Wildman–Crippen MR) is 96.0 cm³/mol. The van der Waals surface area contributed by atoms with Crippen LogP contribution in [0.2, 0.25) is 0 Å². The Bertz CT molecular complexity index is 642. The van der Waals surface area contributed by atoms with Crippen LogP contribution in [0.15, 0.2) is 10.9 Å². The average molecular weight is 362 g/mol. The summed E-state index contributed by atoms with van der Waals surface area (Å²) in [5, 5.41) is 5.34. The molecular formula is C18H26N4O2S. The fourth-order valence-corrected chi connectivity index (χ4v) is 5.03. The molecule has 4 aliphatic heterocycles. The summed E-state index contributed by atoms with van der Waals surface area (Å²) in [6.07, 6.45) is 3.66. The van der Waals surface area contributed by atoms with Gasteiger partial charge in [0, 0.05) is 29.9 Å².